The fraction of sp³-hybridized carbons (Fsp3) is 0.952. The van der Waals surface area contributed by atoms with Crippen molar-refractivity contribution in [2.24, 2.45) is 34.5 Å². The second-order valence-electron chi connectivity index (χ2n) is 9.74. The first kappa shape index (κ1) is 18.7. The van der Waals surface area contributed by atoms with Gasteiger partial charge in [0.2, 0.25) is 0 Å². The van der Waals surface area contributed by atoms with Crippen LogP contribution in [0.4, 0.5) is 0 Å². The van der Waals surface area contributed by atoms with Gasteiger partial charge in [0, 0.05) is 5.41 Å². The minimum absolute atomic E-state index is 0.0721. The van der Waals surface area contributed by atoms with Crippen LogP contribution in [0.1, 0.15) is 65.2 Å². The molecule has 0 radical (unpaired) electrons. The van der Waals surface area contributed by atoms with Gasteiger partial charge in [-0.3, -0.25) is 4.79 Å². The van der Waals surface area contributed by atoms with Crippen molar-refractivity contribution in [3.8, 4) is 0 Å². The second kappa shape index (κ2) is 6.17. The average Bonchev–Trinajstić information content (AvgIpc) is 2.84. The van der Waals surface area contributed by atoms with Gasteiger partial charge in [-0.1, -0.05) is 13.8 Å². The topological polar surface area (TPSA) is 37.3 Å². The molecule has 4 fully saturated rings. The summed E-state index contributed by atoms with van der Waals surface area (Å²) < 4.78 is -0.200. The Balaban J connectivity index is 1.66. The molecule has 0 spiro atoms. The first-order valence-corrected chi connectivity index (χ1v) is 12.6. The summed E-state index contributed by atoms with van der Waals surface area (Å²) in [6.07, 6.45) is 13.3. The van der Waals surface area contributed by atoms with Gasteiger partial charge in [-0.15, -0.1) is 23.5 Å². The average molecular weight is 383 g/mol. The Kier molecular flexibility index (Phi) is 4.61. The Hall–Kier alpha value is 0.330. The van der Waals surface area contributed by atoms with Crippen LogP contribution in [-0.4, -0.2) is 33.6 Å². The minimum Gasteiger partial charge on any atom is -0.393 e. The van der Waals surface area contributed by atoms with E-state index in [1.807, 2.05) is 0 Å². The lowest BCUT2D eigenvalue weighted by Crippen LogP contribution is -2.54. The van der Waals surface area contributed by atoms with Crippen LogP contribution in [0.2, 0.25) is 0 Å². The molecule has 0 bridgehead atoms. The van der Waals surface area contributed by atoms with Gasteiger partial charge in [0.05, 0.1) is 6.10 Å². The van der Waals surface area contributed by atoms with Crippen molar-refractivity contribution in [3.63, 3.8) is 0 Å². The molecule has 0 aromatic carbocycles. The molecule has 0 saturated heterocycles. The largest absolute Gasteiger partial charge is 0.393 e. The zero-order chi connectivity index (χ0) is 18.0. The molecule has 4 aliphatic rings. The number of aliphatic hydroxyl groups is 1. The summed E-state index contributed by atoms with van der Waals surface area (Å²) in [7, 11) is 0. The van der Waals surface area contributed by atoms with Crippen LogP contribution < -0.4 is 0 Å². The molecular formula is C21H34O2S2. The van der Waals surface area contributed by atoms with Gasteiger partial charge in [-0.05, 0) is 93.0 Å². The summed E-state index contributed by atoms with van der Waals surface area (Å²) in [6, 6.07) is 0. The molecule has 4 heteroatoms. The summed E-state index contributed by atoms with van der Waals surface area (Å²) in [4.78, 5) is 13.5. The van der Waals surface area contributed by atoms with E-state index >= 15 is 0 Å². The summed E-state index contributed by atoms with van der Waals surface area (Å²) in [5, 5.41) is 10.2. The highest BCUT2D eigenvalue weighted by atomic mass is 32.2. The van der Waals surface area contributed by atoms with Gasteiger partial charge >= 0.3 is 0 Å². The highest BCUT2D eigenvalue weighted by Gasteiger charge is 2.66. The first-order chi connectivity index (χ1) is 11.8. The summed E-state index contributed by atoms with van der Waals surface area (Å²) >= 11 is 3.59. The van der Waals surface area contributed by atoms with Crippen LogP contribution in [0, 0.1) is 34.5 Å². The third-order valence-corrected chi connectivity index (χ3v) is 12.1. The normalized spacial score (nSPS) is 51.6. The molecule has 0 aliphatic heterocycles. The number of hydrogen-bond donors (Lipinski definition) is 1. The van der Waals surface area contributed by atoms with E-state index in [4.69, 9.17) is 0 Å². The predicted molar refractivity (Wildman–Crippen MR) is 108 cm³/mol. The van der Waals surface area contributed by atoms with Crippen molar-refractivity contribution < 1.29 is 9.90 Å². The quantitative estimate of drug-likeness (QED) is 0.683. The smallest absolute Gasteiger partial charge is 0.165 e. The van der Waals surface area contributed by atoms with Gasteiger partial charge in [0.25, 0.3) is 0 Å². The highest BCUT2D eigenvalue weighted by Crippen LogP contribution is 2.68. The van der Waals surface area contributed by atoms with Crippen molar-refractivity contribution in [1.82, 2.24) is 0 Å². The highest BCUT2D eigenvalue weighted by molar-refractivity contribution is 8.18. The molecule has 4 saturated carbocycles. The molecule has 142 valence electrons. The number of hydrogen-bond acceptors (Lipinski definition) is 4. The number of carbonyl (C=O) groups is 1. The molecule has 25 heavy (non-hydrogen) atoms. The van der Waals surface area contributed by atoms with Gasteiger partial charge in [0.15, 0.2) is 5.78 Å². The zero-order valence-electron chi connectivity index (χ0n) is 16.2. The third kappa shape index (κ3) is 2.45. The summed E-state index contributed by atoms with van der Waals surface area (Å²) in [6.45, 7) is 4.82. The molecule has 0 unspecified atom stereocenters. The number of ketones is 1. The molecular weight excluding hydrogens is 348 g/mol. The number of rotatable bonds is 2. The number of aliphatic hydroxyl groups excluding tert-OH is 1. The molecule has 7 atom stereocenters. The van der Waals surface area contributed by atoms with E-state index in [-0.39, 0.29) is 15.6 Å². The fourth-order valence-corrected chi connectivity index (χ4v) is 9.66. The van der Waals surface area contributed by atoms with Gasteiger partial charge < -0.3 is 5.11 Å². The zero-order valence-corrected chi connectivity index (χ0v) is 17.8. The Bertz CT molecular complexity index is 560. The maximum absolute atomic E-state index is 13.5. The van der Waals surface area contributed by atoms with Gasteiger partial charge in [-0.25, -0.2) is 0 Å². The van der Waals surface area contributed by atoms with Crippen LogP contribution in [-0.2, 0) is 4.79 Å². The molecule has 1 N–H and O–H groups in total. The monoisotopic (exact) mass is 382 g/mol. The maximum Gasteiger partial charge on any atom is 0.165 e. The minimum atomic E-state index is -0.200. The van der Waals surface area contributed by atoms with Crippen LogP contribution in [0.3, 0.4) is 0 Å². The van der Waals surface area contributed by atoms with Crippen molar-refractivity contribution in [3.05, 3.63) is 0 Å². The molecule has 0 aromatic rings. The van der Waals surface area contributed by atoms with E-state index in [1.54, 1.807) is 23.5 Å². The van der Waals surface area contributed by atoms with E-state index < -0.39 is 0 Å². The van der Waals surface area contributed by atoms with E-state index in [0.717, 1.165) is 37.5 Å². The van der Waals surface area contributed by atoms with E-state index in [1.165, 1.54) is 25.7 Å². The van der Waals surface area contributed by atoms with Crippen molar-refractivity contribution in [2.75, 3.05) is 12.5 Å². The van der Waals surface area contributed by atoms with Crippen molar-refractivity contribution in [1.29, 1.82) is 0 Å². The predicted octanol–water partition coefficient (Wildman–Crippen LogP) is 4.99. The maximum atomic E-state index is 13.5. The van der Waals surface area contributed by atoms with E-state index in [0.29, 0.717) is 23.0 Å². The number of thioether (sulfide) groups is 2. The standard InChI is InChI=1S/C21H34O2S2/c1-19-9-7-14(22)11-13(19)5-6-15-16(19)8-10-20(2)17(15)12-21(24-3,25-4)18(20)23/h13-17,22H,5-12H2,1-4H3/t13-,14-,15+,16-,17-,19-,20-/m0/s1. The Morgan fingerprint density at radius 3 is 2.40 bits per heavy atom. The molecule has 4 rings (SSSR count). The lowest BCUT2D eigenvalue weighted by molar-refractivity contribution is -0.142. The van der Waals surface area contributed by atoms with Crippen LogP contribution in [0.15, 0.2) is 0 Å². The Morgan fingerprint density at radius 1 is 1.00 bits per heavy atom. The SMILES string of the molecule is CSC1(SC)C[C@H]2[C@@H]3CC[C@H]4C[C@@H](O)CC[C@]4(C)[C@H]3CC[C@]2(C)C1=O. The molecule has 0 aromatic heterocycles. The molecule has 2 nitrogen and oxygen atoms in total. The number of Topliss-reactive ketones (excluding diaryl/α,β-unsaturated/α-hetero) is 1. The number of carbonyl (C=O) groups excluding carboxylic acids is 1. The molecule has 0 heterocycles. The molecule has 0 amide bonds. The van der Waals surface area contributed by atoms with E-state index in [2.05, 4.69) is 26.4 Å². The van der Waals surface area contributed by atoms with Crippen LogP contribution in [0.5, 0.6) is 0 Å². The van der Waals surface area contributed by atoms with Gasteiger partial charge in [-0.2, -0.15) is 0 Å². The van der Waals surface area contributed by atoms with Crippen LogP contribution in [0.25, 0.3) is 0 Å². The Labute approximate surface area is 161 Å². The van der Waals surface area contributed by atoms with Crippen molar-refractivity contribution >= 4 is 29.3 Å². The first-order valence-electron chi connectivity index (χ1n) is 10.1. The van der Waals surface area contributed by atoms with Gasteiger partial charge in [0.1, 0.15) is 4.08 Å². The lowest BCUT2D eigenvalue weighted by Gasteiger charge is -2.60. The van der Waals surface area contributed by atoms with E-state index in [9.17, 15) is 9.90 Å². The third-order valence-electron chi connectivity index (χ3n) is 9.04. The summed E-state index contributed by atoms with van der Waals surface area (Å²) in [5.41, 5.74) is 0.307. The Morgan fingerprint density at radius 2 is 1.72 bits per heavy atom. The summed E-state index contributed by atoms with van der Waals surface area (Å²) in [5.74, 6) is 3.30. The fourth-order valence-electron chi connectivity index (χ4n) is 7.47. The second-order valence-corrected chi connectivity index (χ2v) is 12.2. The van der Waals surface area contributed by atoms with Crippen LogP contribution >= 0.6 is 23.5 Å². The van der Waals surface area contributed by atoms with Crippen molar-refractivity contribution in [2.45, 2.75) is 75.4 Å². The molecule has 4 aliphatic carbocycles. The number of fused-ring (bicyclic) bond motifs is 5. The lowest BCUT2D eigenvalue weighted by atomic mass is 9.45.